The van der Waals surface area contributed by atoms with E-state index in [0.717, 1.165) is 32.5 Å². The number of methoxy groups -OCH3 is 1. The first-order valence-electron chi connectivity index (χ1n) is 6.71. The molecule has 0 bridgehead atoms. The van der Waals surface area contributed by atoms with E-state index >= 15 is 0 Å². The fourth-order valence-electron chi connectivity index (χ4n) is 1.62. The Morgan fingerprint density at radius 2 is 1.94 bits per heavy atom. The van der Waals surface area contributed by atoms with Gasteiger partial charge in [0.2, 0.25) is 0 Å². The van der Waals surface area contributed by atoms with Gasteiger partial charge in [-0.25, -0.2) is 0 Å². The standard InChI is InChI=1S/C14H25NO2S/c1-3-13-6-7-14(18-13)12-15-8-4-5-9-17-11-10-16-2/h6-7,15H,3-5,8-12H2,1-2H3. The van der Waals surface area contributed by atoms with Crippen LogP contribution < -0.4 is 5.32 Å². The summed E-state index contributed by atoms with van der Waals surface area (Å²) in [6.45, 7) is 6.49. The van der Waals surface area contributed by atoms with Crippen LogP contribution in [0.25, 0.3) is 0 Å². The SMILES string of the molecule is CCc1ccc(CNCCCCOCCOC)s1. The molecule has 0 aromatic carbocycles. The predicted molar refractivity (Wildman–Crippen MR) is 77.3 cm³/mol. The number of ether oxygens (including phenoxy) is 2. The molecule has 0 aliphatic heterocycles. The first-order chi connectivity index (χ1) is 8.86. The quantitative estimate of drug-likeness (QED) is 0.628. The summed E-state index contributed by atoms with van der Waals surface area (Å²) >= 11 is 1.91. The summed E-state index contributed by atoms with van der Waals surface area (Å²) in [5, 5.41) is 3.47. The molecule has 0 fully saturated rings. The first kappa shape index (κ1) is 15.6. The smallest absolute Gasteiger partial charge is 0.0700 e. The van der Waals surface area contributed by atoms with Crippen molar-refractivity contribution in [2.24, 2.45) is 0 Å². The molecule has 1 aromatic rings. The molecule has 18 heavy (non-hydrogen) atoms. The summed E-state index contributed by atoms with van der Waals surface area (Å²) < 4.78 is 10.3. The number of rotatable bonds is 11. The highest BCUT2D eigenvalue weighted by Gasteiger charge is 1.97. The summed E-state index contributed by atoms with van der Waals surface area (Å²) in [6.07, 6.45) is 3.42. The van der Waals surface area contributed by atoms with E-state index in [4.69, 9.17) is 9.47 Å². The number of unbranched alkanes of at least 4 members (excludes halogenated alkanes) is 1. The van der Waals surface area contributed by atoms with Crippen LogP contribution in [0.4, 0.5) is 0 Å². The Labute approximate surface area is 114 Å². The molecule has 3 nitrogen and oxygen atoms in total. The maximum atomic E-state index is 5.41. The number of nitrogens with one attached hydrogen (secondary N) is 1. The van der Waals surface area contributed by atoms with Gasteiger partial charge in [-0.2, -0.15) is 0 Å². The van der Waals surface area contributed by atoms with Gasteiger partial charge >= 0.3 is 0 Å². The third kappa shape index (κ3) is 7.11. The lowest BCUT2D eigenvalue weighted by Crippen LogP contribution is -2.14. The molecule has 4 heteroatoms. The minimum absolute atomic E-state index is 0.691. The minimum Gasteiger partial charge on any atom is -0.382 e. The fraction of sp³-hybridized carbons (Fsp3) is 0.714. The Morgan fingerprint density at radius 1 is 1.11 bits per heavy atom. The van der Waals surface area contributed by atoms with Gasteiger partial charge in [0, 0.05) is 30.0 Å². The molecule has 1 rings (SSSR count). The normalized spacial score (nSPS) is 11.0. The maximum Gasteiger partial charge on any atom is 0.0700 e. The fourth-order valence-corrected chi connectivity index (χ4v) is 2.54. The van der Waals surface area contributed by atoms with Crippen molar-refractivity contribution >= 4 is 11.3 Å². The predicted octanol–water partition coefficient (Wildman–Crippen LogP) is 2.84. The van der Waals surface area contributed by atoms with Gasteiger partial charge in [0.25, 0.3) is 0 Å². The summed E-state index contributed by atoms with van der Waals surface area (Å²) in [7, 11) is 1.70. The average molecular weight is 271 g/mol. The van der Waals surface area contributed by atoms with E-state index in [9.17, 15) is 0 Å². The average Bonchev–Trinajstić information content (AvgIpc) is 2.85. The number of aryl methyl sites for hydroxylation is 1. The molecule has 0 aliphatic carbocycles. The molecule has 1 aromatic heterocycles. The molecule has 0 unspecified atom stereocenters. The number of thiophene rings is 1. The van der Waals surface area contributed by atoms with E-state index in [-0.39, 0.29) is 0 Å². The lowest BCUT2D eigenvalue weighted by Gasteiger charge is -2.04. The second-order valence-electron chi connectivity index (χ2n) is 4.21. The van der Waals surface area contributed by atoms with Crippen LogP contribution in [0.1, 0.15) is 29.5 Å². The molecular weight excluding hydrogens is 246 g/mol. The molecular formula is C14H25NO2S. The van der Waals surface area contributed by atoms with Crippen LogP contribution in [-0.4, -0.2) is 33.5 Å². The van der Waals surface area contributed by atoms with Gasteiger partial charge in [-0.05, 0) is 37.9 Å². The van der Waals surface area contributed by atoms with Crippen molar-refractivity contribution in [3.63, 3.8) is 0 Å². The van der Waals surface area contributed by atoms with Gasteiger partial charge in [-0.3, -0.25) is 0 Å². The Hall–Kier alpha value is -0.420. The van der Waals surface area contributed by atoms with Crippen LogP contribution in [0.2, 0.25) is 0 Å². The Balaban J connectivity index is 1.89. The monoisotopic (exact) mass is 271 g/mol. The van der Waals surface area contributed by atoms with Gasteiger partial charge in [0.05, 0.1) is 13.2 Å². The van der Waals surface area contributed by atoms with Gasteiger partial charge < -0.3 is 14.8 Å². The van der Waals surface area contributed by atoms with E-state index < -0.39 is 0 Å². The van der Waals surface area contributed by atoms with Crippen LogP contribution in [0.15, 0.2) is 12.1 Å². The molecule has 0 spiro atoms. The highest BCUT2D eigenvalue weighted by Crippen LogP contribution is 2.16. The lowest BCUT2D eigenvalue weighted by molar-refractivity contribution is 0.0688. The molecule has 0 atom stereocenters. The van der Waals surface area contributed by atoms with Crippen LogP contribution in [0.5, 0.6) is 0 Å². The van der Waals surface area contributed by atoms with Crippen molar-refractivity contribution in [3.8, 4) is 0 Å². The van der Waals surface area contributed by atoms with Crippen LogP contribution in [-0.2, 0) is 22.4 Å². The second-order valence-corrected chi connectivity index (χ2v) is 5.46. The Bertz CT molecular complexity index is 302. The van der Waals surface area contributed by atoms with E-state index in [2.05, 4.69) is 24.4 Å². The second kappa shape index (κ2) is 10.5. The van der Waals surface area contributed by atoms with Gasteiger partial charge in [-0.1, -0.05) is 6.92 Å². The summed E-state index contributed by atoms with van der Waals surface area (Å²) in [5.74, 6) is 0. The zero-order valence-corrected chi connectivity index (χ0v) is 12.4. The van der Waals surface area contributed by atoms with E-state index in [0.29, 0.717) is 13.2 Å². The molecule has 1 heterocycles. The van der Waals surface area contributed by atoms with Gasteiger partial charge in [0.1, 0.15) is 0 Å². The molecule has 0 aliphatic rings. The largest absolute Gasteiger partial charge is 0.382 e. The highest BCUT2D eigenvalue weighted by atomic mass is 32.1. The molecule has 1 N–H and O–H groups in total. The Morgan fingerprint density at radius 3 is 2.67 bits per heavy atom. The minimum atomic E-state index is 0.691. The zero-order valence-electron chi connectivity index (χ0n) is 11.5. The molecule has 0 saturated carbocycles. The molecule has 0 saturated heterocycles. The topological polar surface area (TPSA) is 30.5 Å². The van der Waals surface area contributed by atoms with Crippen LogP contribution >= 0.6 is 11.3 Å². The number of hydrogen-bond donors (Lipinski definition) is 1. The van der Waals surface area contributed by atoms with E-state index in [1.165, 1.54) is 16.2 Å². The van der Waals surface area contributed by atoms with Crippen molar-refractivity contribution in [3.05, 3.63) is 21.9 Å². The molecule has 0 radical (unpaired) electrons. The first-order valence-corrected chi connectivity index (χ1v) is 7.53. The van der Waals surface area contributed by atoms with Crippen molar-refractivity contribution in [2.45, 2.75) is 32.7 Å². The van der Waals surface area contributed by atoms with Gasteiger partial charge in [-0.15, -0.1) is 11.3 Å². The summed E-state index contributed by atoms with van der Waals surface area (Å²) in [5.41, 5.74) is 0. The van der Waals surface area contributed by atoms with Crippen molar-refractivity contribution in [2.75, 3.05) is 33.5 Å². The lowest BCUT2D eigenvalue weighted by atomic mass is 10.3. The van der Waals surface area contributed by atoms with Crippen LogP contribution in [0.3, 0.4) is 0 Å². The van der Waals surface area contributed by atoms with E-state index in [1.807, 2.05) is 11.3 Å². The van der Waals surface area contributed by atoms with Crippen molar-refractivity contribution in [1.82, 2.24) is 5.32 Å². The third-order valence-electron chi connectivity index (χ3n) is 2.69. The summed E-state index contributed by atoms with van der Waals surface area (Å²) in [4.78, 5) is 2.90. The third-order valence-corrected chi connectivity index (χ3v) is 3.92. The zero-order chi connectivity index (χ0) is 13.1. The Kier molecular flexibility index (Phi) is 9.12. The highest BCUT2D eigenvalue weighted by molar-refractivity contribution is 7.11. The van der Waals surface area contributed by atoms with E-state index in [1.54, 1.807) is 7.11 Å². The van der Waals surface area contributed by atoms with Crippen molar-refractivity contribution in [1.29, 1.82) is 0 Å². The maximum absolute atomic E-state index is 5.41. The summed E-state index contributed by atoms with van der Waals surface area (Å²) in [6, 6.07) is 4.45. The molecule has 104 valence electrons. The van der Waals surface area contributed by atoms with Gasteiger partial charge in [0.15, 0.2) is 0 Å². The molecule has 0 amide bonds. The number of hydrogen-bond acceptors (Lipinski definition) is 4. The van der Waals surface area contributed by atoms with Crippen molar-refractivity contribution < 1.29 is 9.47 Å². The van der Waals surface area contributed by atoms with Crippen LogP contribution in [0, 0.1) is 0 Å².